The largest absolute Gasteiger partial charge is 0.383 e. The molecule has 0 aromatic heterocycles. The van der Waals surface area contributed by atoms with Crippen LogP contribution >= 0.6 is 0 Å². The molecule has 0 spiro atoms. The molecule has 0 amide bonds. The number of hydrogen-bond acceptors (Lipinski definition) is 4. The fraction of sp³-hybridized carbons (Fsp3) is 1.00. The number of hydrogen-bond donors (Lipinski definition) is 2. The first-order chi connectivity index (χ1) is 7.63. The molecule has 6 nitrogen and oxygen atoms in total. The number of rotatable bonds is 5. The fourth-order valence-corrected chi connectivity index (χ4v) is 3.67. The molecule has 7 heteroatoms. The lowest BCUT2D eigenvalue weighted by atomic mass is 10.0. The SMILES string of the molecule is COCCNS(=O)(=O)N1CC2CNCC2C1. The van der Waals surface area contributed by atoms with Gasteiger partial charge in [-0.25, -0.2) is 0 Å². The van der Waals surface area contributed by atoms with Gasteiger partial charge in [0.05, 0.1) is 6.61 Å². The molecule has 2 rings (SSSR count). The van der Waals surface area contributed by atoms with E-state index in [4.69, 9.17) is 4.74 Å². The van der Waals surface area contributed by atoms with Gasteiger partial charge in [0.2, 0.25) is 0 Å². The number of nitrogens with zero attached hydrogens (tertiary/aromatic N) is 1. The molecular weight excluding hydrogens is 230 g/mol. The van der Waals surface area contributed by atoms with E-state index in [2.05, 4.69) is 10.0 Å². The van der Waals surface area contributed by atoms with Crippen molar-refractivity contribution in [2.75, 3.05) is 46.4 Å². The lowest BCUT2D eigenvalue weighted by molar-refractivity contribution is 0.204. The highest BCUT2D eigenvalue weighted by Gasteiger charge is 2.40. The Kier molecular flexibility index (Phi) is 3.81. The van der Waals surface area contributed by atoms with Gasteiger partial charge < -0.3 is 10.1 Å². The van der Waals surface area contributed by atoms with E-state index in [-0.39, 0.29) is 0 Å². The Bertz CT molecular complexity index is 321. The van der Waals surface area contributed by atoms with Gasteiger partial charge in [-0.1, -0.05) is 0 Å². The van der Waals surface area contributed by atoms with Crippen molar-refractivity contribution in [2.45, 2.75) is 0 Å². The van der Waals surface area contributed by atoms with Crippen molar-refractivity contribution in [1.29, 1.82) is 0 Å². The van der Waals surface area contributed by atoms with Crippen molar-refractivity contribution >= 4 is 10.2 Å². The van der Waals surface area contributed by atoms with Gasteiger partial charge in [-0.3, -0.25) is 0 Å². The van der Waals surface area contributed by atoms with Crippen LogP contribution in [-0.4, -0.2) is 59.2 Å². The molecule has 0 radical (unpaired) electrons. The van der Waals surface area contributed by atoms with E-state index < -0.39 is 10.2 Å². The van der Waals surface area contributed by atoms with Crippen LogP contribution in [0.3, 0.4) is 0 Å². The number of nitrogens with one attached hydrogen (secondary N) is 2. The van der Waals surface area contributed by atoms with E-state index in [9.17, 15) is 8.42 Å². The van der Waals surface area contributed by atoms with Crippen molar-refractivity contribution in [3.8, 4) is 0 Å². The molecule has 16 heavy (non-hydrogen) atoms. The summed E-state index contributed by atoms with van der Waals surface area (Å²) in [7, 11) is -1.74. The van der Waals surface area contributed by atoms with Gasteiger partial charge in [-0.15, -0.1) is 0 Å². The second-order valence-corrected chi connectivity index (χ2v) is 6.14. The molecular formula is C9H19N3O3S. The third-order valence-corrected chi connectivity index (χ3v) is 4.83. The van der Waals surface area contributed by atoms with Gasteiger partial charge in [0.25, 0.3) is 10.2 Å². The van der Waals surface area contributed by atoms with Crippen molar-refractivity contribution < 1.29 is 13.2 Å². The maximum atomic E-state index is 11.9. The van der Waals surface area contributed by atoms with E-state index in [0.717, 1.165) is 13.1 Å². The number of fused-ring (bicyclic) bond motifs is 1. The first-order valence-electron chi connectivity index (χ1n) is 5.58. The molecule has 94 valence electrons. The van der Waals surface area contributed by atoms with Gasteiger partial charge in [-0.05, 0) is 24.9 Å². The van der Waals surface area contributed by atoms with Crippen LogP contribution in [0.1, 0.15) is 0 Å². The van der Waals surface area contributed by atoms with Crippen molar-refractivity contribution in [2.24, 2.45) is 11.8 Å². The van der Waals surface area contributed by atoms with Crippen LogP contribution in [0.5, 0.6) is 0 Å². The Labute approximate surface area is 96.5 Å². The fourth-order valence-electron chi connectivity index (χ4n) is 2.37. The van der Waals surface area contributed by atoms with Gasteiger partial charge in [-0.2, -0.15) is 17.4 Å². The summed E-state index contributed by atoms with van der Waals surface area (Å²) in [6, 6.07) is 0. The molecule has 2 saturated heterocycles. The molecule has 2 aliphatic heterocycles. The maximum Gasteiger partial charge on any atom is 0.279 e. The molecule has 2 atom stereocenters. The van der Waals surface area contributed by atoms with Gasteiger partial charge in [0.15, 0.2) is 0 Å². The second-order valence-electron chi connectivity index (χ2n) is 4.39. The lowest BCUT2D eigenvalue weighted by Crippen LogP contribution is -2.41. The molecule has 2 aliphatic rings. The highest BCUT2D eigenvalue weighted by molar-refractivity contribution is 7.87. The maximum absolute atomic E-state index is 11.9. The van der Waals surface area contributed by atoms with Crippen LogP contribution in [0.15, 0.2) is 0 Å². The van der Waals surface area contributed by atoms with E-state index in [0.29, 0.717) is 38.1 Å². The standard InChI is InChI=1S/C9H19N3O3S/c1-15-3-2-11-16(13,14)12-6-8-4-10-5-9(8)7-12/h8-11H,2-7H2,1H3. The van der Waals surface area contributed by atoms with Gasteiger partial charge in [0, 0.05) is 26.7 Å². The monoisotopic (exact) mass is 249 g/mol. The molecule has 2 fully saturated rings. The highest BCUT2D eigenvalue weighted by Crippen LogP contribution is 2.27. The molecule has 0 aromatic rings. The zero-order valence-electron chi connectivity index (χ0n) is 9.48. The number of methoxy groups -OCH3 is 1. The predicted molar refractivity (Wildman–Crippen MR) is 60.2 cm³/mol. The zero-order chi connectivity index (χ0) is 11.6. The third-order valence-electron chi connectivity index (χ3n) is 3.29. The zero-order valence-corrected chi connectivity index (χ0v) is 10.3. The Morgan fingerprint density at radius 1 is 1.38 bits per heavy atom. The summed E-state index contributed by atoms with van der Waals surface area (Å²) in [6.45, 7) is 3.90. The van der Waals surface area contributed by atoms with Gasteiger partial charge in [0.1, 0.15) is 0 Å². The van der Waals surface area contributed by atoms with Gasteiger partial charge >= 0.3 is 0 Å². The second kappa shape index (κ2) is 4.97. The molecule has 0 saturated carbocycles. The average Bonchev–Trinajstić information content (AvgIpc) is 2.76. The molecule has 2 heterocycles. The Hall–Kier alpha value is -0.210. The summed E-state index contributed by atoms with van der Waals surface area (Å²) in [5.74, 6) is 0.970. The molecule has 2 N–H and O–H groups in total. The summed E-state index contributed by atoms with van der Waals surface area (Å²) in [4.78, 5) is 0. The first kappa shape index (κ1) is 12.3. The summed E-state index contributed by atoms with van der Waals surface area (Å²) in [5, 5.41) is 3.29. The first-order valence-corrected chi connectivity index (χ1v) is 7.02. The van der Waals surface area contributed by atoms with E-state index >= 15 is 0 Å². The minimum Gasteiger partial charge on any atom is -0.383 e. The van der Waals surface area contributed by atoms with Crippen LogP contribution in [0.2, 0.25) is 0 Å². The predicted octanol–water partition coefficient (Wildman–Crippen LogP) is -1.38. The van der Waals surface area contributed by atoms with Crippen LogP contribution in [0.4, 0.5) is 0 Å². The Morgan fingerprint density at radius 3 is 2.56 bits per heavy atom. The van der Waals surface area contributed by atoms with Crippen molar-refractivity contribution in [1.82, 2.24) is 14.3 Å². The lowest BCUT2D eigenvalue weighted by Gasteiger charge is -2.17. The highest BCUT2D eigenvalue weighted by atomic mass is 32.2. The van der Waals surface area contributed by atoms with Crippen LogP contribution < -0.4 is 10.0 Å². The minimum absolute atomic E-state index is 0.336. The van der Waals surface area contributed by atoms with Crippen LogP contribution in [0.25, 0.3) is 0 Å². The average molecular weight is 249 g/mol. The van der Waals surface area contributed by atoms with Crippen LogP contribution in [0, 0.1) is 11.8 Å². The molecule has 0 aromatic carbocycles. The van der Waals surface area contributed by atoms with Crippen molar-refractivity contribution in [3.05, 3.63) is 0 Å². The third kappa shape index (κ3) is 2.54. The van der Waals surface area contributed by atoms with E-state index in [1.54, 1.807) is 11.4 Å². The normalized spacial score (nSPS) is 30.8. The summed E-state index contributed by atoms with van der Waals surface area (Å²) in [6.07, 6.45) is 0. The van der Waals surface area contributed by atoms with Crippen LogP contribution in [-0.2, 0) is 14.9 Å². The van der Waals surface area contributed by atoms with Crippen molar-refractivity contribution in [3.63, 3.8) is 0 Å². The Balaban J connectivity index is 1.88. The quantitative estimate of drug-likeness (QED) is 0.589. The minimum atomic E-state index is -3.30. The smallest absolute Gasteiger partial charge is 0.279 e. The topological polar surface area (TPSA) is 70.7 Å². The summed E-state index contributed by atoms with van der Waals surface area (Å²) < 4.78 is 32.7. The number of ether oxygens (including phenoxy) is 1. The summed E-state index contributed by atoms with van der Waals surface area (Å²) >= 11 is 0. The summed E-state index contributed by atoms with van der Waals surface area (Å²) in [5.41, 5.74) is 0. The van der Waals surface area contributed by atoms with E-state index in [1.165, 1.54) is 0 Å². The molecule has 0 aliphatic carbocycles. The molecule has 0 bridgehead atoms. The van der Waals surface area contributed by atoms with E-state index in [1.807, 2.05) is 0 Å². The molecule has 2 unspecified atom stereocenters. The Morgan fingerprint density at radius 2 is 2.00 bits per heavy atom.